The van der Waals surface area contributed by atoms with Gasteiger partial charge in [-0.15, -0.1) is 5.10 Å². The SMILES string of the molecule is CCN1CCN(CCNC(=O)C2CCN(c3nn4c(=O)c5c(nc4s3)CCCC5)CC2)CC1. The highest BCUT2D eigenvalue weighted by Crippen LogP contribution is 2.28. The zero-order valence-corrected chi connectivity index (χ0v) is 20.4. The molecular weight excluding hydrogens is 438 g/mol. The molecule has 180 valence electrons. The molecule has 2 saturated heterocycles. The molecule has 0 aromatic carbocycles. The summed E-state index contributed by atoms with van der Waals surface area (Å²) in [7, 11) is 0. The lowest BCUT2D eigenvalue weighted by atomic mass is 9.96. The van der Waals surface area contributed by atoms with Gasteiger partial charge in [-0.2, -0.15) is 4.52 Å². The third-order valence-electron chi connectivity index (χ3n) is 7.44. The molecule has 2 aromatic heterocycles. The molecule has 4 heterocycles. The molecule has 5 rings (SSSR count). The zero-order chi connectivity index (χ0) is 22.8. The summed E-state index contributed by atoms with van der Waals surface area (Å²) >= 11 is 1.49. The summed E-state index contributed by atoms with van der Waals surface area (Å²) in [6.45, 7) is 11.0. The number of rotatable bonds is 6. The van der Waals surface area contributed by atoms with Crippen LogP contribution >= 0.6 is 11.3 Å². The Bertz CT molecular complexity index is 1040. The van der Waals surface area contributed by atoms with Crippen LogP contribution in [-0.2, 0) is 17.6 Å². The second kappa shape index (κ2) is 10.1. The molecule has 10 heteroatoms. The third kappa shape index (κ3) is 4.93. The molecule has 0 unspecified atom stereocenters. The van der Waals surface area contributed by atoms with Crippen molar-refractivity contribution >= 4 is 27.3 Å². The molecule has 0 spiro atoms. The van der Waals surface area contributed by atoms with Crippen molar-refractivity contribution in [2.75, 3.05) is 63.8 Å². The van der Waals surface area contributed by atoms with Gasteiger partial charge < -0.3 is 15.1 Å². The van der Waals surface area contributed by atoms with Gasteiger partial charge in [-0.3, -0.25) is 14.5 Å². The highest BCUT2D eigenvalue weighted by Gasteiger charge is 2.27. The first-order chi connectivity index (χ1) is 16.1. The number of fused-ring (bicyclic) bond motifs is 2. The largest absolute Gasteiger partial charge is 0.355 e. The minimum absolute atomic E-state index is 0.00238. The highest BCUT2D eigenvalue weighted by atomic mass is 32.1. The Morgan fingerprint density at radius 2 is 1.79 bits per heavy atom. The number of piperidine rings is 1. The Morgan fingerprint density at radius 1 is 1.06 bits per heavy atom. The van der Waals surface area contributed by atoms with E-state index in [9.17, 15) is 9.59 Å². The molecule has 1 amide bonds. The number of hydrogen-bond donors (Lipinski definition) is 1. The number of carbonyl (C=O) groups is 1. The normalized spacial score (nSPS) is 20.8. The van der Waals surface area contributed by atoms with Crippen molar-refractivity contribution in [3.63, 3.8) is 0 Å². The topological polar surface area (TPSA) is 86.1 Å². The van der Waals surface area contributed by atoms with Crippen LogP contribution in [0.4, 0.5) is 5.13 Å². The molecule has 1 N–H and O–H groups in total. The van der Waals surface area contributed by atoms with E-state index >= 15 is 0 Å². The summed E-state index contributed by atoms with van der Waals surface area (Å²) in [6.07, 6.45) is 5.49. The number of aryl methyl sites for hydroxylation is 1. The van der Waals surface area contributed by atoms with E-state index in [-0.39, 0.29) is 17.4 Å². The lowest BCUT2D eigenvalue weighted by Gasteiger charge is -2.34. The van der Waals surface area contributed by atoms with Gasteiger partial charge in [-0.25, -0.2) is 4.98 Å². The number of nitrogens with zero attached hydrogens (tertiary/aromatic N) is 6. The second-order valence-corrected chi connectivity index (χ2v) is 10.4. The summed E-state index contributed by atoms with van der Waals surface area (Å²) in [5.41, 5.74) is 1.81. The lowest BCUT2D eigenvalue weighted by molar-refractivity contribution is -0.125. The van der Waals surface area contributed by atoms with Crippen LogP contribution in [0.2, 0.25) is 0 Å². The number of amides is 1. The first kappa shape index (κ1) is 22.7. The smallest absolute Gasteiger partial charge is 0.278 e. The van der Waals surface area contributed by atoms with Crippen LogP contribution in [0, 0.1) is 5.92 Å². The van der Waals surface area contributed by atoms with Crippen LogP contribution in [-0.4, -0.2) is 89.2 Å². The number of piperazine rings is 1. The van der Waals surface area contributed by atoms with Gasteiger partial charge in [0.15, 0.2) is 0 Å². The van der Waals surface area contributed by atoms with Crippen LogP contribution < -0.4 is 15.8 Å². The number of carbonyl (C=O) groups excluding carboxylic acids is 1. The van der Waals surface area contributed by atoms with Crippen LogP contribution in [0.15, 0.2) is 4.79 Å². The fourth-order valence-electron chi connectivity index (χ4n) is 5.23. The second-order valence-electron chi connectivity index (χ2n) is 9.46. The molecule has 33 heavy (non-hydrogen) atoms. The monoisotopic (exact) mass is 473 g/mol. The molecule has 2 aliphatic heterocycles. The number of nitrogens with one attached hydrogen (secondary N) is 1. The van der Waals surface area contributed by atoms with Gasteiger partial charge in [0.05, 0.1) is 5.69 Å². The average molecular weight is 474 g/mol. The van der Waals surface area contributed by atoms with E-state index in [1.165, 1.54) is 15.9 Å². The molecule has 2 fully saturated rings. The summed E-state index contributed by atoms with van der Waals surface area (Å²) in [6, 6.07) is 0. The summed E-state index contributed by atoms with van der Waals surface area (Å²) in [4.78, 5) is 38.1. The van der Waals surface area contributed by atoms with Crippen molar-refractivity contribution in [3.8, 4) is 0 Å². The van der Waals surface area contributed by atoms with E-state index in [1.54, 1.807) is 0 Å². The van der Waals surface area contributed by atoms with Crippen LogP contribution in [0.1, 0.15) is 43.9 Å². The maximum Gasteiger partial charge on any atom is 0.278 e. The maximum atomic E-state index is 12.8. The van der Waals surface area contributed by atoms with Gasteiger partial charge >= 0.3 is 0 Å². The van der Waals surface area contributed by atoms with Gasteiger partial charge in [-0.1, -0.05) is 18.3 Å². The third-order valence-corrected chi connectivity index (χ3v) is 8.41. The molecule has 1 aliphatic carbocycles. The average Bonchev–Trinajstić information content (AvgIpc) is 3.29. The Kier molecular flexibility index (Phi) is 6.94. The standard InChI is InChI=1S/C23H35N7O2S/c1-2-27-13-15-28(16-14-27)12-9-24-20(31)17-7-10-29(11-8-17)23-26-30-21(32)18-5-3-4-6-19(18)25-22(30)33-23/h17H,2-16H2,1H3,(H,24,31). The fourth-order valence-corrected chi connectivity index (χ4v) is 6.20. The first-order valence-electron chi connectivity index (χ1n) is 12.5. The minimum Gasteiger partial charge on any atom is -0.355 e. The number of likely N-dealkylation sites (N-methyl/N-ethyl adjacent to an activating group) is 1. The molecule has 0 atom stereocenters. The molecular formula is C23H35N7O2S. The predicted octanol–water partition coefficient (Wildman–Crippen LogP) is 1.000. The van der Waals surface area contributed by atoms with Crippen molar-refractivity contribution in [1.29, 1.82) is 0 Å². The first-order valence-corrected chi connectivity index (χ1v) is 13.3. The van der Waals surface area contributed by atoms with Crippen LogP contribution in [0.25, 0.3) is 4.96 Å². The van der Waals surface area contributed by atoms with Crippen molar-refractivity contribution in [1.82, 2.24) is 29.7 Å². The minimum atomic E-state index is 0.00238. The summed E-state index contributed by atoms with van der Waals surface area (Å²) in [5, 5.41) is 8.60. The number of anilines is 1. The van der Waals surface area contributed by atoms with E-state index in [2.05, 4.69) is 32.0 Å². The fraction of sp³-hybridized carbons (Fsp3) is 0.739. The molecule has 0 radical (unpaired) electrons. The van der Waals surface area contributed by atoms with Gasteiger partial charge in [-0.05, 0) is 45.1 Å². The zero-order valence-electron chi connectivity index (χ0n) is 19.6. The molecule has 2 aromatic rings. The van der Waals surface area contributed by atoms with E-state index in [4.69, 9.17) is 4.98 Å². The highest BCUT2D eigenvalue weighted by molar-refractivity contribution is 7.20. The number of aromatic nitrogens is 3. The Hall–Kier alpha value is -2.04. The Morgan fingerprint density at radius 3 is 2.55 bits per heavy atom. The van der Waals surface area contributed by atoms with Gasteiger partial charge in [0, 0.05) is 63.8 Å². The number of hydrogen-bond acceptors (Lipinski definition) is 8. The van der Waals surface area contributed by atoms with Gasteiger partial charge in [0.2, 0.25) is 16.0 Å². The summed E-state index contributed by atoms with van der Waals surface area (Å²) in [5.74, 6) is 0.234. The van der Waals surface area contributed by atoms with Crippen molar-refractivity contribution in [2.24, 2.45) is 5.92 Å². The van der Waals surface area contributed by atoms with Crippen molar-refractivity contribution in [2.45, 2.75) is 45.4 Å². The summed E-state index contributed by atoms with van der Waals surface area (Å²) < 4.78 is 1.49. The van der Waals surface area contributed by atoms with Crippen LogP contribution in [0.3, 0.4) is 0 Å². The van der Waals surface area contributed by atoms with Gasteiger partial charge in [0.25, 0.3) is 5.56 Å². The molecule has 3 aliphatic rings. The molecule has 0 saturated carbocycles. The van der Waals surface area contributed by atoms with E-state index < -0.39 is 0 Å². The Labute approximate surface area is 198 Å². The van der Waals surface area contributed by atoms with Gasteiger partial charge in [0.1, 0.15) is 0 Å². The molecule has 0 bridgehead atoms. The van der Waals surface area contributed by atoms with Crippen molar-refractivity contribution in [3.05, 3.63) is 21.6 Å². The van der Waals surface area contributed by atoms with E-state index in [1.807, 2.05) is 0 Å². The quantitative estimate of drug-likeness (QED) is 0.670. The molecule has 9 nitrogen and oxygen atoms in total. The lowest BCUT2D eigenvalue weighted by Crippen LogP contribution is -2.48. The Balaban J connectivity index is 1.12. The van der Waals surface area contributed by atoms with E-state index in [0.717, 1.165) is 114 Å². The predicted molar refractivity (Wildman–Crippen MR) is 130 cm³/mol. The van der Waals surface area contributed by atoms with Crippen LogP contribution in [0.5, 0.6) is 0 Å². The van der Waals surface area contributed by atoms with E-state index in [0.29, 0.717) is 4.96 Å². The van der Waals surface area contributed by atoms with Crippen molar-refractivity contribution < 1.29 is 4.79 Å². The maximum absolute atomic E-state index is 12.8.